The Bertz CT molecular complexity index is 539. The number of hydrogen-bond donors (Lipinski definition) is 3. The van der Waals surface area contributed by atoms with Crippen molar-refractivity contribution in [2.75, 3.05) is 11.9 Å². The van der Waals surface area contributed by atoms with E-state index in [-0.39, 0.29) is 12.5 Å². The van der Waals surface area contributed by atoms with Gasteiger partial charge in [0, 0.05) is 10.9 Å². The maximum atomic E-state index is 11.6. The molecule has 3 rings (SSSR count). The fraction of sp³-hybridized carbons (Fsp3) is 0.615. The highest BCUT2D eigenvalue weighted by atomic mass is 32.1. The number of hydrogen-bond acceptors (Lipinski definition) is 5. The number of nitrogens with one attached hydrogen (secondary N) is 2. The number of anilines is 1. The van der Waals surface area contributed by atoms with E-state index in [1.54, 1.807) is 0 Å². The number of aromatic nitrogens is 1. The van der Waals surface area contributed by atoms with E-state index < -0.39 is 11.9 Å². The minimum Gasteiger partial charge on any atom is -0.481 e. The van der Waals surface area contributed by atoms with Gasteiger partial charge in [-0.05, 0) is 32.1 Å². The Kier molecular flexibility index (Phi) is 3.60. The first kappa shape index (κ1) is 13.4. The predicted molar refractivity (Wildman–Crippen MR) is 75.1 cm³/mol. The van der Waals surface area contributed by atoms with E-state index in [0.717, 1.165) is 30.6 Å². The van der Waals surface area contributed by atoms with Gasteiger partial charge in [-0.3, -0.25) is 9.59 Å². The molecule has 1 saturated carbocycles. The van der Waals surface area contributed by atoms with Gasteiger partial charge in [0.05, 0.1) is 12.2 Å². The summed E-state index contributed by atoms with van der Waals surface area (Å²) < 4.78 is 0. The van der Waals surface area contributed by atoms with Gasteiger partial charge in [-0.25, -0.2) is 4.98 Å². The fourth-order valence-electron chi connectivity index (χ4n) is 2.40. The Labute approximate surface area is 120 Å². The number of carboxylic acid groups (broad SMARTS) is 1. The molecule has 1 heterocycles. The van der Waals surface area contributed by atoms with Crippen molar-refractivity contribution in [3.8, 4) is 0 Å². The molecule has 2 aliphatic rings. The van der Waals surface area contributed by atoms with Crippen LogP contribution < -0.4 is 10.6 Å². The number of aliphatic carboxylic acids is 1. The summed E-state index contributed by atoms with van der Waals surface area (Å²) in [5.74, 6) is -1.34. The Balaban J connectivity index is 1.63. The van der Waals surface area contributed by atoms with E-state index in [9.17, 15) is 14.7 Å². The van der Waals surface area contributed by atoms with Crippen LogP contribution in [-0.4, -0.2) is 34.6 Å². The smallest absolute Gasteiger partial charge is 0.312 e. The van der Waals surface area contributed by atoms with Gasteiger partial charge in [-0.2, -0.15) is 0 Å². The monoisotopic (exact) mass is 295 g/mol. The zero-order chi connectivity index (χ0) is 14.1. The third-order valence-corrected chi connectivity index (χ3v) is 4.68. The Morgan fingerprint density at radius 2 is 2.15 bits per heavy atom. The zero-order valence-corrected chi connectivity index (χ0v) is 11.8. The van der Waals surface area contributed by atoms with E-state index in [1.807, 2.05) is 0 Å². The van der Waals surface area contributed by atoms with Crippen molar-refractivity contribution in [2.45, 2.75) is 44.1 Å². The highest BCUT2D eigenvalue weighted by Gasteiger charge is 2.30. The topological polar surface area (TPSA) is 91.3 Å². The molecule has 1 unspecified atom stereocenters. The molecule has 7 heteroatoms. The summed E-state index contributed by atoms with van der Waals surface area (Å²) in [5.41, 5.74) is 0.679. The lowest BCUT2D eigenvalue weighted by atomic mass is 9.91. The number of amides is 1. The molecule has 108 valence electrons. The largest absolute Gasteiger partial charge is 0.481 e. The number of carbonyl (C=O) groups excluding carboxylic acids is 1. The molecular weight excluding hydrogens is 278 g/mol. The van der Waals surface area contributed by atoms with Gasteiger partial charge in [0.1, 0.15) is 5.92 Å². The van der Waals surface area contributed by atoms with Crippen molar-refractivity contribution in [2.24, 2.45) is 0 Å². The first-order chi connectivity index (χ1) is 9.63. The van der Waals surface area contributed by atoms with E-state index >= 15 is 0 Å². The minimum absolute atomic E-state index is 0.0320. The van der Waals surface area contributed by atoms with Crippen LogP contribution in [0.4, 0.5) is 5.13 Å². The third kappa shape index (κ3) is 2.92. The summed E-state index contributed by atoms with van der Waals surface area (Å²) in [7, 11) is 0. The lowest BCUT2D eigenvalue weighted by molar-refractivity contribution is -0.139. The van der Waals surface area contributed by atoms with E-state index in [0.29, 0.717) is 23.3 Å². The van der Waals surface area contributed by atoms with Crippen LogP contribution in [0, 0.1) is 0 Å². The zero-order valence-electron chi connectivity index (χ0n) is 11.0. The molecule has 2 aliphatic carbocycles. The van der Waals surface area contributed by atoms with Gasteiger partial charge in [0.2, 0.25) is 5.91 Å². The summed E-state index contributed by atoms with van der Waals surface area (Å²) in [4.78, 5) is 28.2. The molecule has 0 spiro atoms. The molecule has 0 radical (unpaired) electrons. The highest BCUT2D eigenvalue weighted by molar-refractivity contribution is 7.15. The van der Waals surface area contributed by atoms with Crippen molar-refractivity contribution in [1.29, 1.82) is 0 Å². The summed E-state index contributed by atoms with van der Waals surface area (Å²) >= 11 is 1.47. The standard InChI is InChI=1S/C13H17N3O3S/c17-10(15-7-4-5-7)6-14-13-16-11-8(12(18)19)2-1-3-9(11)20-13/h7-8H,1-6H2,(H,14,16)(H,15,17)(H,18,19). The number of fused-ring (bicyclic) bond motifs is 1. The molecule has 0 bridgehead atoms. The fourth-order valence-corrected chi connectivity index (χ4v) is 3.46. The molecule has 1 aromatic heterocycles. The SMILES string of the molecule is O=C(CNc1nc2c(s1)CCCC2C(=O)O)NC1CC1. The quantitative estimate of drug-likeness (QED) is 0.762. The Morgan fingerprint density at radius 1 is 1.35 bits per heavy atom. The lowest BCUT2D eigenvalue weighted by Crippen LogP contribution is -2.31. The molecule has 1 amide bonds. The average molecular weight is 295 g/mol. The predicted octanol–water partition coefficient (Wildman–Crippen LogP) is 1.34. The maximum Gasteiger partial charge on any atom is 0.312 e. The van der Waals surface area contributed by atoms with Gasteiger partial charge < -0.3 is 15.7 Å². The molecular formula is C13H17N3O3S. The minimum atomic E-state index is -0.811. The second-order valence-electron chi connectivity index (χ2n) is 5.31. The van der Waals surface area contributed by atoms with Gasteiger partial charge in [0.15, 0.2) is 5.13 Å². The number of rotatable bonds is 5. The second kappa shape index (κ2) is 5.40. The van der Waals surface area contributed by atoms with Crippen LogP contribution in [0.15, 0.2) is 0 Å². The first-order valence-electron chi connectivity index (χ1n) is 6.89. The first-order valence-corrected chi connectivity index (χ1v) is 7.71. The Morgan fingerprint density at radius 3 is 2.85 bits per heavy atom. The van der Waals surface area contributed by atoms with Crippen molar-refractivity contribution in [1.82, 2.24) is 10.3 Å². The lowest BCUT2D eigenvalue weighted by Gasteiger charge is -2.16. The van der Waals surface area contributed by atoms with Crippen LogP contribution in [0.3, 0.4) is 0 Å². The van der Waals surface area contributed by atoms with Crippen LogP contribution >= 0.6 is 11.3 Å². The van der Waals surface area contributed by atoms with Crippen molar-refractivity contribution >= 4 is 28.3 Å². The molecule has 20 heavy (non-hydrogen) atoms. The average Bonchev–Trinajstić information content (AvgIpc) is 3.11. The summed E-state index contributed by atoms with van der Waals surface area (Å²) in [6, 6.07) is 0.352. The normalized spacial score (nSPS) is 21.1. The molecule has 3 N–H and O–H groups in total. The van der Waals surface area contributed by atoms with Crippen LogP contribution in [0.25, 0.3) is 0 Å². The number of aryl methyl sites for hydroxylation is 1. The van der Waals surface area contributed by atoms with Gasteiger partial charge in [0.25, 0.3) is 0 Å². The van der Waals surface area contributed by atoms with Gasteiger partial charge in [-0.15, -0.1) is 11.3 Å². The molecule has 6 nitrogen and oxygen atoms in total. The molecule has 1 atom stereocenters. The van der Waals surface area contributed by atoms with Crippen molar-refractivity contribution < 1.29 is 14.7 Å². The van der Waals surface area contributed by atoms with Crippen LogP contribution in [0.1, 0.15) is 42.2 Å². The molecule has 0 saturated heterocycles. The van der Waals surface area contributed by atoms with Crippen molar-refractivity contribution in [3.05, 3.63) is 10.6 Å². The molecule has 1 fully saturated rings. The molecule has 1 aromatic rings. The van der Waals surface area contributed by atoms with Crippen molar-refractivity contribution in [3.63, 3.8) is 0 Å². The Hall–Kier alpha value is -1.63. The third-order valence-electron chi connectivity index (χ3n) is 3.59. The number of thiazole rings is 1. The summed E-state index contributed by atoms with van der Waals surface area (Å²) in [5, 5.41) is 15.7. The summed E-state index contributed by atoms with van der Waals surface area (Å²) in [6.45, 7) is 0.195. The number of carbonyl (C=O) groups is 2. The molecule has 0 aromatic carbocycles. The van der Waals surface area contributed by atoms with E-state index in [1.165, 1.54) is 11.3 Å². The maximum absolute atomic E-state index is 11.6. The van der Waals surface area contributed by atoms with Gasteiger partial charge in [-0.1, -0.05) is 0 Å². The number of carboxylic acids is 1. The second-order valence-corrected chi connectivity index (χ2v) is 6.39. The van der Waals surface area contributed by atoms with E-state index in [4.69, 9.17) is 0 Å². The molecule has 0 aliphatic heterocycles. The van der Waals surface area contributed by atoms with E-state index in [2.05, 4.69) is 15.6 Å². The van der Waals surface area contributed by atoms with Crippen LogP contribution in [0.5, 0.6) is 0 Å². The summed E-state index contributed by atoms with van der Waals surface area (Å²) in [6.07, 6.45) is 4.54. The van der Waals surface area contributed by atoms with Crippen LogP contribution in [0.2, 0.25) is 0 Å². The van der Waals surface area contributed by atoms with Crippen LogP contribution in [-0.2, 0) is 16.0 Å². The number of nitrogens with zero attached hydrogens (tertiary/aromatic N) is 1. The highest BCUT2D eigenvalue weighted by Crippen LogP contribution is 2.36. The van der Waals surface area contributed by atoms with Gasteiger partial charge >= 0.3 is 5.97 Å².